The van der Waals surface area contributed by atoms with E-state index >= 15 is 0 Å². The van der Waals surface area contributed by atoms with E-state index < -0.39 is 5.91 Å². The lowest BCUT2D eigenvalue weighted by molar-refractivity contribution is 0.0975. The highest BCUT2D eigenvalue weighted by Crippen LogP contribution is 2.23. The average molecular weight is 235 g/mol. The molecule has 4 N–H and O–H groups in total. The number of carbonyl (C=O) groups excluding carboxylic acids is 1. The Kier molecular flexibility index (Phi) is 3.58. The van der Waals surface area contributed by atoms with Gasteiger partial charge in [0.2, 0.25) is 5.88 Å². The number of nitrogens with zero attached hydrogens (tertiary/aromatic N) is 1. The number of ether oxygens (including phenoxy) is 1. The number of pyridine rings is 1. The Bertz CT molecular complexity index is 408. The van der Waals surface area contributed by atoms with Gasteiger partial charge in [-0.15, -0.1) is 0 Å². The third-order valence-corrected chi connectivity index (χ3v) is 3.05. The van der Waals surface area contributed by atoms with Crippen molar-refractivity contribution < 1.29 is 9.53 Å². The second-order valence-electron chi connectivity index (χ2n) is 4.32. The monoisotopic (exact) mass is 235 g/mol. The number of hydrogen-bond donors (Lipinski definition) is 2. The van der Waals surface area contributed by atoms with E-state index in [0.29, 0.717) is 11.4 Å². The van der Waals surface area contributed by atoms with E-state index in [2.05, 4.69) is 4.98 Å². The molecular weight excluding hydrogens is 218 g/mol. The minimum absolute atomic E-state index is 0.00600. The van der Waals surface area contributed by atoms with E-state index in [1.165, 1.54) is 0 Å². The molecule has 1 aromatic heterocycles. The van der Waals surface area contributed by atoms with Gasteiger partial charge in [0.05, 0.1) is 0 Å². The summed E-state index contributed by atoms with van der Waals surface area (Å²) in [5.41, 5.74) is 11.6. The first-order chi connectivity index (χ1) is 8.18. The van der Waals surface area contributed by atoms with E-state index in [1.807, 2.05) is 0 Å². The molecule has 0 saturated heterocycles. The van der Waals surface area contributed by atoms with Crippen LogP contribution in [0.3, 0.4) is 0 Å². The first kappa shape index (κ1) is 11.9. The summed E-state index contributed by atoms with van der Waals surface area (Å²) >= 11 is 0. The number of carbonyl (C=O) groups is 1. The summed E-state index contributed by atoms with van der Waals surface area (Å²) in [4.78, 5) is 15.3. The van der Waals surface area contributed by atoms with Crippen LogP contribution in [0.4, 0.5) is 0 Å². The van der Waals surface area contributed by atoms with Gasteiger partial charge in [-0.05, 0) is 31.4 Å². The Morgan fingerprint density at radius 3 is 2.88 bits per heavy atom. The summed E-state index contributed by atoms with van der Waals surface area (Å²) in [6.45, 7) is 0. The van der Waals surface area contributed by atoms with Crippen molar-refractivity contribution in [1.82, 2.24) is 4.98 Å². The standard InChI is InChI=1S/C12H17N3O2/c13-9-5-1-2-6-10(9)17-12-8(11(14)16)4-3-7-15-12/h3-4,7,9-10H,1-2,5-6,13H2,(H2,14,16). The lowest BCUT2D eigenvalue weighted by Gasteiger charge is -2.28. The number of rotatable bonds is 3. The molecule has 0 aliphatic heterocycles. The minimum atomic E-state index is -0.530. The molecule has 1 saturated carbocycles. The van der Waals surface area contributed by atoms with Gasteiger partial charge in [-0.2, -0.15) is 0 Å². The molecule has 0 radical (unpaired) electrons. The van der Waals surface area contributed by atoms with Crippen LogP contribution in [0.1, 0.15) is 36.0 Å². The fourth-order valence-corrected chi connectivity index (χ4v) is 2.09. The Balaban J connectivity index is 2.14. The number of amides is 1. The van der Waals surface area contributed by atoms with Crippen LogP contribution in [0, 0.1) is 0 Å². The Morgan fingerprint density at radius 1 is 1.41 bits per heavy atom. The Labute approximate surface area is 100 Å². The highest BCUT2D eigenvalue weighted by atomic mass is 16.5. The van der Waals surface area contributed by atoms with Gasteiger partial charge < -0.3 is 16.2 Å². The van der Waals surface area contributed by atoms with Gasteiger partial charge >= 0.3 is 0 Å². The van der Waals surface area contributed by atoms with Gasteiger partial charge in [0.15, 0.2) is 0 Å². The van der Waals surface area contributed by atoms with Gasteiger partial charge in [-0.1, -0.05) is 6.42 Å². The lowest BCUT2D eigenvalue weighted by atomic mass is 9.93. The summed E-state index contributed by atoms with van der Waals surface area (Å²) < 4.78 is 5.72. The Hall–Kier alpha value is -1.62. The fourth-order valence-electron chi connectivity index (χ4n) is 2.09. The molecule has 1 aliphatic rings. The number of primary amides is 1. The summed E-state index contributed by atoms with van der Waals surface area (Å²) in [7, 11) is 0. The van der Waals surface area contributed by atoms with Crippen LogP contribution in [0.2, 0.25) is 0 Å². The predicted molar refractivity (Wildman–Crippen MR) is 63.6 cm³/mol. The van der Waals surface area contributed by atoms with E-state index in [4.69, 9.17) is 16.2 Å². The summed E-state index contributed by atoms with van der Waals surface area (Å²) in [5.74, 6) is -0.236. The van der Waals surface area contributed by atoms with Gasteiger partial charge in [0.1, 0.15) is 11.7 Å². The van der Waals surface area contributed by atoms with Crippen molar-refractivity contribution >= 4 is 5.91 Å². The summed E-state index contributed by atoms with van der Waals surface area (Å²) in [6, 6.07) is 3.28. The van der Waals surface area contributed by atoms with Crippen LogP contribution in [-0.4, -0.2) is 23.0 Å². The van der Waals surface area contributed by atoms with Gasteiger partial charge in [0, 0.05) is 12.2 Å². The molecule has 1 fully saturated rings. The van der Waals surface area contributed by atoms with E-state index in [1.54, 1.807) is 18.3 Å². The first-order valence-electron chi connectivity index (χ1n) is 5.85. The molecule has 2 rings (SSSR count). The minimum Gasteiger partial charge on any atom is -0.472 e. The van der Waals surface area contributed by atoms with Crippen LogP contribution in [0.25, 0.3) is 0 Å². The highest BCUT2D eigenvalue weighted by molar-refractivity contribution is 5.94. The molecule has 92 valence electrons. The summed E-state index contributed by atoms with van der Waals surface area (Å²) in [5, 5.41) is 0. The molecule has 0 spiro atoms. The second kappa shape index (κ2) is 5.14. The van der Waals surface area contributed by atoms with E-state index in [9.17, 15) is 4.79 Å². The van der Waals surface area contributed by atoms with Crippen molar-refractivity contribution in [2.75, 3.05) is 0 Å². The molecule has 1 amide bonds. The van der Waals surface area contributed by atoms with Crippen molar-refractivity contribution in [3.63, 3.8) is 0 Å². The third-order valence-electron chi connectivity index (χ3n) is 3.05. The largest absolute Gasteiger partial charge is 0.472 e. The summed E-state index contributed by atoms with van der Waals surface area (Å²) in [6.07, 6.45) is 5.58. The van der Waals surface area contributed by atoms with Crippen LogP contribution >= 0.6 is 0 Å². The molecular formula is C12H17N3O2. The van der Waals surface area contributed by atoms with Crippen LogP contribution in [0.5, 0.6) is 5.88 Å². The zero-order valence-corrected chi connectivity index (χ0v) is 9.63. The van der Waals surface area contributed by atoms with Crippen molar-refractivity contribution in [3.05, 3.63) is 23.9 Å². The average Bonchev–Trinajstić information content (AvgIpc) is 2.32. The maximum absolute atomic E-state index is 11.2. The maximum Gasteiger partial charge on any atom is 0.254 e. The SMILES string of the molecule is NC(=O)c1cccnc1OC1CCCCC1N. The molecule has 2 atom stereocenters. The molecule has 1 aromatic rings. The molecule has 0 aromatic carbocycles. The predicted octanol–water partition coefficient (Wildman–Crippen LogP) is 0.829. The van der Waals surface area contributed by atoms with Crippen molar-refractivity contribution in [1.29, 1.82) is 0 Å². The zero-order valence-electron chi connectivity index (χ0n) is 9.63. The zero-order chi connectivity index (χ0) is 12.3. The van der Waals surface area contributed by atoms with Gasteiger partial charge in [-0.3, -0.25) is 4.79 Å². The van der Waals surface area contributed by atoms with Crippen molar-refractivity contribution in [2.45, 2.75) is 37.8 Å². The van der Waals surface area contributed by atoms with E-state index in [0.717, 1.165) is 25.7 Å². The normalized spacial score (nSPS) is 24.3. The fraction of sp³-hybridized carbons (Fsp3) is 0.500. The molecule has 0 bridgehead atoms. The molecule has 1 heterocycles. The van der Waals surface area contributed by atoms with Crippen LogP contribution in [0.15, 0.2) is 18.3 Å². The second-order valence-corrected chi connectivity index (χ2v) is 4.32. The Morgan fingerprint density at radius 2 is 2.18 bits per heavy atom. The lowest BCUT2D eigenvalue weighted by Crippen LogP contribution is -2.41. The molecule has 5 nitrogen and oxygen atoms in total. The number of hydrogen-bond acceptors (Lipinski definition) is 4. The highest BCUT2D eigenvalue weighted by Gasteiger charge is 2.25. The third kappa shape index (κ3) is 2.74. The smallest absolute Gasteiger partial charge is 0.254 e. The van der Waals surface area contributed by atoms with E-state index in [-0.39, 0.29) is 12.1 Å². The molecule has 2 unspecified atom stereocenters. The molecule has 1 aliphatic carbocycles. The van der Waals surface area contributed by atoms with Crippen LogP contribution < -0.4 is 16.2 Å². The maximum atomic E-state index is 11.2. The quantitative estimate of drug-likeness (QED) is 0.811. The van der Waals surface area contributed by atoms with Crippen LogP contribution in [-0.2, 0) is 0 Å². The van der Waals surface area contributed by atoms with Crippen molar-refractivity contribution in [3.8, 4) is 5.88 Å². The van der Waals surface area contributed by atoms with Crippen molar-refractivity contribution in [2.24, 2.45) is 11.5 Å². The number of nitrogens with two attached hydrogens (primary N) is 2. The molecule has 5 heteroatoms. The first-order valence-corrected chi connectivity index (χ1v) is 5.85. The van der Waals surface area contributed by atoms with Gasteiger partial charge in [-0.25, -0.2) is 4.98 Å². The topological polar surface area (TPSA) is 91.2 Å². The van der Waals surface area contributed by atoms with Gasteiger partial charge in [0.25, 0.3) is 5.91 Å². The molecule has 17 heavy (non-hydrogen) atoms. The number of aromatic nitrogens is 1.